The predicted molar refractivity (Wildman–Crippen MR) is 68.2 cm³/mol. The Balaban J connectivity index is 1.69. The number of thiazole rings is 1. The highest BCUT2D eigenvalue weighted by molar-refractivity contribution is 7.15. The number of aliphatic hydroxyl groups excluding tert-OH is 1. The van der Waals surface area contributed by atoms with Gasteiger partial charge in [0.25, 0.3) is 0 Å². The second kappa shape index (κ2) is 4.40. The Labute approximate surface area is 104 Å². The fourth-order valence-corrected chi connectivity index (χ4v) is 3.30. The van der Waals surface area contributed by atoms with Gasteiger partial charge in [-0.2, -0.15) is 0 Å². The Bertz CT molecular complexity index is 470. The highest BCUT2D eigenvalue weighted by atomic mass is 32.1. The highest BCUT2D eigenvalue weighted by Crippen LogP contribution is 2.29. The Kier molecular flexibility index (Phi) is 2.90. The summed E-state index contributed by atoms with van der Waals surface area (Å²) < 4.78 is 2.04. The smallest absolute Gasteiger partial charge is 0.193 e. The average Bonchev–Trinajstić information content (AvgIpc) is 3.02. The molecular weight excluding hydrogens is 234 g/mol. The third-order valence-corrected chi connectivity index (χ3v) is 4.42. The Hall–Kier alpha value is -0.910. The van der Waals surface area contributed by atoms with Crippen molar-refractivity contribution in [1.29, 1.82) is 0 Å². The van der Waals surface area contributed by atoms with Gasteiger partial charge < -0.3 is 10.4 Å². The van der Waals surface area contributed by atoms with Crippen LogP contribution in [-0.2, 0) is 6.54 Å². The third-order valence-electron chi connectivity index (χ3n) is 3.65. The maximum atomic E-state index is 9.51. The van der Waals surface area contributed by atoms with Crippen LogP contribution in [0.1, 0.15) is 31.4 Å². The van der Waals surface area contributed by atoms with Crippen LogP contribution in [0.4, 0.5) is 0 Å². The molecule has 2 heterocycles. The Morgan fingerprint density at radius 2 is 2.29 bits per heavy atom. The van der Waals surface area contributed by atoms with E-state index in [1.807, 2.05) is 16.0 Å². The molecule has 3 rings (SSSR count). The first kappa shape index (κ1) is 11.2. The summed E-state index contributed by atoms with van der Waals surface area (Å²) in [7, 11) is 0. The maximum Gasteiger partial charge on any atom is 0.193 e. The molecule has 1 saturated carbocycles. The monoisotopic (exact) mass is 251 g/mol. The molecule has 1 fully saturated rings. The molecule has 17 heavy (non-hydrogen) atoms. The summed E-state index contributed by atoms with van der Waals surface area (Å²) >= 11 is 1.65. The van der Waals surface area contributed by atoms with Gasteiger partial charge in [0.05, 0.1) is 12.3 Å². The Morgan fingerprint density at radius 1 is 1.47 bits per heavy atom. The predicted octanol–water partition coefficient (Wildman–Crippen LogP) is 1.79. The number of aromatic nitrogens is 2. The van der Waals surface area contributed by atoms with Gasteiger partial charge >= 0.3 is 0 Å². The normalized spacial score (nSPS) is 19.1. The van der Waals surface area contributed by atoms with Crippen LogP contribution in [0.25, 0.3) is 4.96 Å². The molecule has 0 saturated heterocycles. The lowest BCUT2D eigenvalue weighted by molar-refractivity contribution is 0.162. The van der Waals surface area contributed by atoms with E-state index in [2.05, 4.69) is 16.5 Å². The SMILES string of the molecule is OCC1(NCc2cn3ccsc3n2)CCCC1. The molecule has 5 heteroatoms. The number of aliphatic hydroxyl groups is 1. The van der Waals surface area contributed by atoms with Crippen LogP contribution in [0.2, 0.25) is 0 Å². The summed E-state index contributed by atoms with van der Waals surface area (Å²) in [6.45, 7) is 0.976. The molecule has 0 aromatic carbocycles. The average molecular weight is 251 g/mol. The van der Waals surface area contributed by atoms with Crippen molar-refractivity contribution in [3.8, 4) is 0 Å². The molecular formula is C12H17N3OS. The summed E-state index contributed by atoms with van der Waals surface area (Å²) in [5.41, 5.74) is 0.994. The van der Waals surface area contributed by atoms with E-state index in [4.69, 9.17) is 0 Å². The molecule has 0 bridgehead atoms. The van der Waals surface area contributed by atoms with Crippen LogP contribution >= 0.6 is 11.3 Å². The molecule has 1 aliphatic rings. The van der Waals surface area contributed by atoms with Crippen molar-refractivity contribution in [2.45, 2.75) is 37.8 Å². The molecule has 2 aromatic rings. The van der Waals surface area contributed by atoms with Crippen molar-refractivity contribution < 1.29 is 5.11 Å². The van der Waals surface area contributed by atoms with E-state index in [-0.39, 0.29) is 12.1 Å². The molecule has 1 aliphatic carbocycles. The van der Waals surface area contributed by atoms with Crippen molar-refractivity contribution >= 4 is 16.3 Å². The number of hydrogen-bond acceptors (Lipinski definition) is 4. The van der Waals surface area contributed by atoms with E-state index in [0.29, 0.717) is 0 Å². The molecule has 0 atom stereocenters. The lowest BCUT2D eigenvalue weighted by Gasteiger charge is -2.27. The topological polar surface area (TPSA) is 49.6 Å². The summed E-state index contributed by atoms with van der Waals surface area (Å²) in [5.74, 6) is 0. The zero-order valence-electron chi connectivity index (χ0n) is 9.72. The minimum Gasteiger partial charge on any atom is -0.394 e. The zero-order valence-corrected chi connectivity index (χ0v) is 10.5. The van der Waals surface area contributed by atoms with Crippen LogP contribution < -0.4 is 5.32 Å². The van der Waals surface area contributed by atoms with Gasteiger partial charge in [-0.3, -0.25) is 4.40 Å². The number of imidazole rings is 1. The summed E-state index contributed by atoms with van der Waals surface area (Å²) in [4.78, 5) is 5.57. The lowest BCUT2D eigenvalue weighted by atomic mass is 9.99. The first-order valence-corrected chi connectivity index (χ1v) is 6.96. The van der Waals surface area contributed by atoms with E-state index >= 15 is 0 Å². The van der Waals surface area contributed by atoms with E-state index in [1.165, 1.54) is 12.8 Å². The van der Waals surface area contributed by atoms with Crippen LogP contribution in [0, 0.1) is 0 Å². The molecule has 2 aromatic heterocycles. The van der Waals surface area contributed by atoms with Gasteiger partial charge in [-0.05, 0) is 12.8 Å². The standard InChI is InChI=1S/C12H17N3OS/c16-9-12(3-1-2-4-12)13-7-10-8-15-5-6-17-11(15)14-10/h5-6,8,13,16H,1-4,7,9H2. The summed E-state index contributed by atoms with van der Waals surface area (Å²) in [6.07, 6.45) is 8.65. The molecule has 4 nitrogen and oxygen atoms in total. The molecule has 0 amide bonds. The summed E-state index contributed by atoms with van der Waals surface area (Å²) in [6, 6.07) is 0. The number of nitrogens with zero attached hydrogens (tertiary/aromatic N) is 2. The lowest BCUT2D eigenvalue weighted by Crippen LogP contribution is -2.45. The van der Waals surface area contributed by atoms with Crippen molar-refractivity contribution in [2.75, 3.05) is 6.61 Å². The molecule has 0 aliphatic heterocycles. The molecule has 0 unspecified atom stereocenters. The summed E-state index contributed by atoms with van der Waals surface area (Å²) in [5, 5.41) is 15.0. The van der Waals surface area contributed by atoms with Gasteiger partial charge in [-0.25, -0.2) is 4.98 Å². The maximum absolute atomic E-state index is 9.51. The van der Waals surface area contributed by atoms with Crippen LogP contribution in [0.5, 0.6) is 0 Å². The van der Waals surface area contributed by atoms with Gasteiger partial charge in [-0.15, -0.1) is 11.3 Å². The fraction of sp³-hybridized carbons (Fsp3) is 0.583. The van der Waals surface area contributed by atoms with Crippen molar-refractivity contribution in [2.24, 2.45) is 0 Å². The third kappa shape index (κ3) is 2.10. The number of fused-ring (bicyclic) bond motifs is 1. The van der Waals surface area contributed by atoms with E-state index in [1.54, 1.807) is 11.3 Å². The minimum atomic E-state index is -0.0585. The van der Waals surface area contributed by atoms with Crippen molar-refractivity contribution in [3.05, 3.63) is 23.5 Å². The number of nitrogens with one attached hydrogen (secondary N) is 1. The molecule has 0 spiro atoms. The van der Waals surface area contributed by atoms with Gasteiger partial charge in [0, 0.05) is 29.9 Å². The van der Waals surface area contributed by atoms with Gasteiger partial charge in [0.15, 0.2) is 4.96 Å². The Morgan fingerprint density at radius 3 is 3.00 bits per heavy atom. The first-order chi connectivity index (χ1) is 8.31. The zero-order chi connectivity index (χ0) is 11.7. The van der Waals surface area contributed by atoms with Crippen LogP contribution in [-0.4, -0.2) is 26.6 Å². The molecule has 2 N–H and O–H groups in total. The van der Waals surface area contributed by atoms with E-state index in [0.717, 1.165) is 30.0 Å². The van der Waals surface area contributed by atoms with Gasteiger partial charge in [0.2, 0.25) is 0 Å². The highest BCUT2D eigenvalue weighted by Gasteiger charge is 2.32. The minimum absolute atomic E-state index is 0.0585. The van der Waals surface area contributed by atoms with E-state index < -0.39 is 0 Å². The fourth-order valence-electron chi connectivity index (χ4n) is 2.58. The number of hydrogen-bond donors (Lipinski definition) is 2. The van der Waals surface area contributed by atoms with Crippen LogP contribution in [0.3, 0.4) is 0 Å². The number of rotatable bonds is 4. The van der Waals surface area contributed by atoms with Crippen molar-refractivity contribution in [3.63, 3.8) is 0 Å². The van der Waals surface area contributed by atoms with E-state index in [9.17, 15) is 5.11 Å². The second-order valence-electron chi connectivity index (χ2n) is 4.82. The second-order valence-corrected chi connectivity index (χ2v) is 5.70. The van der Waals surface area contributed by atoms with Crippen molar-refractivity contribution in [1.82, 2.24) is 14.7 Å². The van der Waals surface area contributed by atoms with Gasteiger partial charge in [0.1, 0.15) is 0 Å². The van der Waals surface area contributed by atoms with Crippen LogP contribution in [0.15, 0.2) is 17.8 Å². The largest absolute Gasteiger partial charge is 0.394 e. The quantitative estimate of drug-likeness (QED) is 0.871. The first-order valence-electron chi connectivity index (χ1n) is 6.08. The van der Waals surface area contributed by atoms with Gasteiger partial charge in [-0.1, -0.05) is 12.8 Å². The molecule has 0 radical (unpaired) electrons. The molecule has 92 valence electrons.